The molecule has 2 aromatic rings. The first kappa shape index (κ1) is 13.6. The quantitative estimate of drug-likeness (QED) is 0.888. The van der Waals surface area contributed by atoms with Crippen molar-refractivity contribution in [2.45, 2.75) is 20.1 Å². The van der Waals surface area contributed by atoms with Gasteiger partial charge < -0.3 is 10.1 Å². The number of hydrogen-bond donors (Lipinski definition) is 1. The molecule has 0 atom stereocenters. The molecule has 0 radical (unpaired) electrons. The standard InChI is InChI=1S/C16H18FNO/c1-12-4-3-5-13(6-12)11-19-16-8-14(10-18-2)7-15(17)9-16/h3-9,18H,10-11H2,1-2H3. The molecular formula is C16H18FNO. The third-order valence-corrected chi connectivity index (χ3v) is 2.80. The molecule has 2 nitrogen and oxygen atoms in total. The number of halogens is 1. The molecule has 3 heteroatoms. The molecule has 0 heterocycles. The van der Waals surface area contributed by atoms with Crippen molar-refractivity contribution in [1.29, 1.82) is 0 Å². The van der Waals surface area contributed by atoms with Crippen LogP contribution in [0.5, 0.6) is 5.75 Å². The topological polar surface area (TPSA) is 21.3 Å². The Morgan fingerprint density at radius 2 is 1.95 bits per heavy atom. The summed E-state index contributed by atoms with van der Waals surface area (Å²) in [7, 11) is 1.83. The van der Waals surface area contributed by atoms with Crippen molar-refractivity contribution in [3.8, 4) is 5.75 Å². The third-order valence-electron chi connectivity index (χ3n) is 2.80. The molecule has 0 fully saturated rings. The average molecular weight is 259 g/mol. The van der Waals surface area contributed by atoms with Crippen LogP contribution in [0.4, 0.5) is 4.39 Å². The third kappa shape index (κ3) is 4.07. The normalized spacial score (nSPS) is 10.5. The van der Waals surface area contributed by atoms with Crippen LogP contribution in [0.1, 0.15) is 16.7 Å². The van der Waals surface area contributed by atoms with E-state index in [0.29, 0.717) is 18.9 Å². The van der Waals surface area contributed by atoms with Gasteiger partial charge in [-0.2, -0.15) is 0 Å². The Kier molecular flexibility index (Phi) is 4.53. The molecule has 0 aromatic heterocycles. The molecule has 0 saturated carbocycles. The van der Waals surface area contributed by atoms with E-state index in [2.05, 4.69) is 11.4 Å². The first-order chi connectivity index (χ1) is 9.17. The zero-order valence-corrected chi connectivity index (χ0v) is 11.2. The highest BCUT2D eigenvalue weighted by atomic mass is 19.1. The summed E-state index contributed by atoms with van der Waals surface area (Å²) < 4.78 is 19.1. The summed E-state index contributed by atoms with van der Waals surface area (Å²) in [5.74, 6) is 0.291. The van der Waals surface area contributed by atoms with Crippen LogP contribution in [0.2, 0.25) is 0 Å². The minimum absolute atomic E-state index is 0.271. The molecule has 0 saturated heterocycles. The molecule has 0 aliphatic heterocycles. The van der Waals surface area contributed by atoms with Crippen LogP contribution in [-0.4, -0.2) is 7.05 Å². The Balaban J connectivity index is 2.06. The summed E-state index contributed by atoms with van der Waals surface area (Å²) in [4.78, 5) is 0. The molecule has 0 aliphatic carbocycles. The first-order valence-electron chi connectivity index (χ1n) is 6.30. The monoisotopic (exact) mass is 259 g/mol. The van der Waals surface area contributed by atoms with Gasteiger partial charge in [-0.3, -0.25) is 0 Å². The predicted molar refractivity (Wildman–Crippen MR) is 74.7 cm³/mol. The van der Waals surface area contributed by atoms with E-state index >= 15 is 0 Å². The molecular weight excluding hydrogens is 241 g/mol. The van der Waals surface area contributed by atoms with Crippen LogP contribution < -0.4 is 10.1 Å². The Bertz CT molecular complexity index is 554. The van der Waals surface area contributed by atoms with Crippen molar-refractivity contribution < 1.29 is 9.13 Å². The molecule has 2 rings (SSSR count). The molecule has 0 aliphatic rings. The van der Waals surface area contributed by atoms with Gasteiger partial charge in [-0.15, -0.1) is 0 Å². The Morgan fingerprint density at radius 3 is 2.68 bits per heavy atom. The zero-order valence-electron chi connectivity index (χ0n) is 11.2. The summed E-state index contributed by atoms with van der Waals surface area (Å²) in [6.07, 6.45) is 0. The number of benzene rings is 2. The van der Waals surface area contributed by atoms with Crippen molar-refractivity contribution in [3.63, 3.8) is 0 Å². The van der Waals surface area contributed by atoms with E-state index in [0.717, 1.165) is 11.1 Å². The second-order valence-corrected chi connectivity index (χ2v) is 4.60. The molecule has 1 N–H and O–H groups in total. The summed E-state index contributed by atoms with van der Waals surface area (Å²) in [6, 6.07) is 12.9. The Hall–Kier alpha value is -1.87. The van der Waals surface area contributed by atoms with Crippen LogP contribution in [0, 0.1) is 12.7 Å². The van der Waals surface area contributed by atoms with Crippen molar-refractivity contribution >= 4 is 0 Å². The lowest BCUT2D eigenvalue weighted by Crippen LogP contribution is -2.06. The van der Waals surface area contributed by atoms with E-state index in [4.69, 9.17) is 4.74 Å². The van der Waals surface area contributed by atoms with Crippen LogP contribution in [0.15, 0.2) is 42.5 Å². The fourth-order valence-electron chi connectivity index (χ4n) is 1.98. The van der Waals surface area contributed by atoms with E-state index in [9.17, 15) is 4.39 Å². The highest BCUT2D eigenvalue weighted by molar-refractivity contribution is 5.30. The maximum Gasteiger partial charge on any atom is 0.127 e. The van der Waals surface area contributed by atoms with Crippen molar-refractivity contribution in [3.05, 3.63) is 65.0 Å². The van der Waals surface area contributed by atoms with Gasteiger partial charge in [0.2, 0.25) is 0 Å². The minimum atomic E-state index is -0.271. The summed E-state index contributed by atoms with van der Waals surface area (Å²) in [5.41, 5.74) is 3.15. The molecule has 2 aromatic carbocycles. The molecule has 0 unspecified atom stereocenters. The minimum Gasteiger partial charge on any atom is -0.489 e. The highest BCUT2D eigenvalue weighted by Gasteiger charge is 2.02. The Morgan fingerprint density at radius 1 is 1.11 bits per heavy atom. The lowest BCUT2D eigenvalue weighted by atomic mass is 10.1. The van der Waals surface area contributed by atoms with Gasteiger partial charge in [0.1, 0.15) is 18.2 Å². The lowest BCUT2D eigenvalue weighted by Gasteiger charge is -2.09. The van der Waals surface area contributed by atoms with E-state index < -0.39 is 0 Å². The zero-order chi connectivity index (χ0) is 13.7. The number of aryl methyl sites for hydroxylation is 1. The molecule has 100 valence electrons. The van der Waals surface area contributed by atoms with Crippen LogP contribution in [0.3, 0.4) is 0 Å². The smallest absolute Gasteiger partial charge is 0.127 e. The van der Waals surface area contributed by atoms with Gasteiger partial charge in [0.15, 0.2) is 0 Å². The van der Waals surface area contributed by atoms with Gasteiger partial charge in [0.25, 0.3) is 0 Å². The maximum atomic E-state index is 13.4. The van der Waals surface area contributed by atoms with Crippen LogP contribution in [0.25, 0.3) is 0 Å². The number of ether oxygens (including phenoxy) is 1. The maximum absolute atomic E-state index is 13.4. The van der Waals surface area contributed by atoms with Crippen molar-refractivity contribution in [1.82, 2.24) is 5.32 Å². The molecule has 19 heavy (non-hydrogen) atoms. The second kappa shape index (κ2) is 6.34. The van der Waals surface area contributed by atoms with Gasteiger partial charge >= 0.3 is 0 Å². The SMILES string of the molecule is CNCc1cc(F)cc(OCc2cccc(C)c2)c1. The first-order valence-corrected chi connectivity index (χ1v) is 6.30. The summed E-state index contributed by atoms with van der Waals surface area (Å²) in [6.45, 7) is 3.11. The van der Waals surface area contributed by atoms with Gasteiger partial charge in [-0.1, -0.05) is 29.8 Å². The fraction of sp³-hybridized carbons (Fsp3) is 0.250. The fourth-order valence-corrected chi connectivity index (χ4v) is 1.98. The van der Waals surface area contributed by atoms with E-state index in [1.165, 1.54) is 17.7 Å². The van der Waals surface area contributed by atoms with Crippen molar-refractivity contribution in [2.75, 3.05) is 7.05 Å². The van der Waals surface area contributed by atoms with E-state index in [1.54, 1.807) is 0 Å². The van der Waals surface area contributed by atoms with E-state index in [-0.39, 0.29) is 5.82 Å². The second-order valence-electron chi connectivity index (χ2n) is 4.60. The van der Waals surface area contributed by atoms with Crippen LogP contribution in [-0.2, 0) is 13.2 Å². The lowest BCUT2D eigenvalue weighted by molar-refractivity contribution is 0.304. The van der Waals surface area contributed by atoms with Crippen molar-refractivity contribution in [2.24, 2.45) is 0 Å². The van der Waals surface area contributed by atoms with Gasteiger partial charge in [0.05, 0.1) is 0 Å². The van der Waals surface area contributed by atoms with E-state index in [1.807, 2.05) is 38.2 Å². The largest absolute Gasteiger partial charge is 0.489 e. The van der Waals surface area contributed by atoms with Gasteiger partial charge in [0, 0.05) is 12.6 Å². The summed E-state index contributed by atoms with van der Waals surface area (Å²) in [5, 5.41) is 3.00. The number of hydrogen-bond acceptors (Lipinski definition) is 2. The van der Waals surface area contributed by atoms with Gasteiger partial charge in [-0.25, -0.2) is 4.39 Å². The molecule has 0 bridgehead atoms. The van der Waals surface area contributed by atoms with Crippen LogP contribution >= 0.6 is 0 Å². The molecule has 0 amide bonds. The predicted octanol–water partition coefficient (Wildman–Crippen LogP) is 3.43. The number of rotatable bonds is 5. The number of nitrogens with one attached hydrogen (secondary N) is 1. The Labute approximate surface area is 113 Å². The summed E-state index contributed by atoms with van der Waals surface area (Å²) >= 11 is 0. The van der Waals surface area contributed by atoms with Gasteiger partial charge in [-0.05, 0) is 37.2 Å². The molecule has 0 spiro atoms. The average Bonchev–Trinajstić information content (AvgIpc) is 2.36. The highest BCUT2D eigenvalue weighted by Crippen LogP contribution is 2.18.